The Kier molecular flexibility index (Phi) is 4.97. The van der Waals surface area contributed by atoms with Crippen molar-refractivity contribution in [2.24, 2.45) is 0 Å². The lowest BCUT2D eigenvalue weighted by Crippen LogP contribution is -2.46. The van der Waals surface area contributed by atoms with Crippen molar-refractivity contribution < 1.29 is 4.79 Å². The Hall–Kier alpha value is -1.35. The van der Waals surface area contributed by atoms with Crippen LogP contribution in [0.5, 0.6) is 0 Å². The molecule has 1 aromatic carbocycles. The Morgan fingerprint density at radius 2 is 1.89 bits per heavy atom. The van der Waals surface area contributed by atoms with E-state index in [0.717, 1.165) is 38.0 Å². The van der Waals surface area contributed by atoms with Gasteiger partial charge in [-0.3, -0.25) is 4.79 Å². The quantitative estimate of drug-likeness (QED) is 0.899. The first-order valence-electron chi connectivity index (χ1n) is 7.26. The van der Waals surface area contributed by atoms with Gasteiger partial charge < -0.3 is 10.2 Å². The van der Waals surface area contributed by atoms with E-state index < -0.39 is 0 Å². The van der Waals surface area contributed by atoms with E-state index in [1.54, 1.807) is 0 Å². The number of carbonyl (C=O) groups is 1. The lowest BCUT2D eigenvalue weighted by Gasteiger charge is -2.34. The molecule has 0 bridgehead atoms. The predicted molar refractivity (Wildman–Crippen MR) is 78.2 cm³/mol. The molecule has 0 radical (unpaired) electrons. The Morgan fingerprint density at radius 1 is 1.26 bits per heavy atom. The molecule has 3 nitrogen and oxygen atoms in total. The fraction of sp³-hybridized carbons (Fsp3) is 0.562. The molecule has 1 aliphatic heterocycles. The molecule has 104 valence electrons. The van der Waals surface area contributed by atoms with Gasteiger partial charge in [-0.15, -0.1) is 0 Å². The third-order valence-corrected chi connectivity index (χ3v) is 3.89. The maximum Gasteiger partial charge on any atom is 0.227 e. The van der Waals surface area contributed by atoms with Gasteiger partial charge in [0.2, 0.25) is 5.91 Å². The second-order valence-electron chi connectivity index (χ2n) is 5.32. The summed E-state index contributed by atoms with van der Waals surface area (Å²) < 4.78 is 0. The Morgan fingerprint density at radius 3 is 2.47 bits per heavy atom. The number of nitrogens with one attached hydrogen (secondary N) is 1. The lowest BCUT2D eigenvalue weighted by molar-refractivity contribution is -0.133. The average Bonchev–Trinajstić information content (AvgIpc) is 2.43. The van der Waals surface area contributed by atoms with Crippen LogP contribution in [0.25, 0.3) is 0 Å². The van der Waals surface area contributed by atoms with Gasteiger partial charge in [0, 0.05) is 12.6 Å². The van der Waals surface area contributed by atoms with E-state index in [-0.39, 0.29) is 5.91 Å². The van der Waals surface area contributed by atoms with Gasteiger partial charge >= 0.3 is 0 Å². The van der Waals surface area contributed by atoms with Gasteiger partial charge in [-0.05, 0) is 45.3 Å². The minimum absolute atomic E-state index is 0.262. The van der Waals surface area contributed by atoms with Crippen LogP contribution in [0.15, 0.2) is 24.3 Å². The Balaban J connectivity index is 1.97. The van der Waals surface area contributed by atoms with Crippen molar-refractivity contribution in [1.29, 1.82) is 0 Å². The van der Waals surface area contributed by atoms with Crippen LogP contribution >= 0.6 is 0 Å². The molecule has 0 saturated carbocycles. The summed E-state index contributed by atoms with van der Waals surface area (Å²) in [5.41, 5.74) is 2.35. The van der Waals surface area contributed by atoms with Crippen molar-refractivity contribution in [1.82, 2.24) is 10.2 Å². The van der Waals surface area contributed by atoms with Crippen molar-refractivity contribution in [2.45, 2.75) is 39.2 Å². The highest BCUT2D eigenvalue weighted by Crippen LogP contribution is 2.14. The first-order chi connectivity index (χ1) is 9.20. The number of amides is 1. The molecule has 1 N–H and O–H groups in total. The number of piperidine rings is 1. The van der Waals surface area contributed by atoms with Gasteiger partial charge in [-0.2, -0.15) is 0 Å². The van der Waals surface area contributed by atoms with Crippen LogP contribution in [0.3, 0.4) is 0 Å². The van der Waals surface area contributed by atoms with E-state index in [9.17, 15) is 4.79 Å². The van der Waals surface area contributed by atoms with Gasteiger partial charge in [0.05, 0.1) is 6.42 Å². The highest BCUT2D eigenvalue weighted by atomic mass is 16.2. The number of hydrogen-bond donors (Lipinski definition) is 1. The summed E-state index contributed by atoms with van der Waals surface area (Å²) >= 11 is 0. The maximum absolute atomic E-state index is 12.4. The van der Waals surface area contributed by atoms with Crippen molar-refractivity contribution in [3.8, 4) is 0 Å². The number of carbonyl (C=O) groups excluding carboxylic acids is 1. The summed E-state index contributed by atoms with van der Waals surface area (Å²) in [6, 6.07) is 8.68. The van der Waals surface area contributed by atoms with Crippen LogP contribution in [0.2, 0.25) is 0 Å². The molecule has 0 aliphatic carbocycles. The molecule has 3 heteroatoms. The van der Waals surface area contributed by atoms with Crippen LogP contribution in [0.1, 0.15) is 30.9 Å². The zero-order valence-electron chi connectivity index (χ0n) is 12.0. The van der Waals surface area contributed by atoms with Gasteiger partial charge in [0.25, 0.3) is 0 Å². The number of nitrogens with zero attached hydrogens (tertiary/aromatic N) is 1. The lowest BCUT2D eigenvalue weighted by atomic mass is 10.0. The molecule has 1 fully saturated rings. The number of rotatable bonds is 4. The summed E-state index contributed by atoms with van der Waals surface area (Å²) in [5, 5.41) is 3.35. The molecule has 1 amide bonds. The van der Waals surface area contributed by atoms with Crippen LogP contribution < -0.4 is 5.32 Å². The van der Waals surface area contributed by atoms with Gasteiger partial charge in [-0.1, -0.05) is 29.8 Å². The molecular formula is C16H24N2O. The molecule has 19 heavy (non-hydrogen) atoms. The molecular weight excluding hydrogens is 236 g/mol. The van der Waals surface area contributed by atoms with Gasteiger partial charge in [0.1, 0.15) is 0 Å². The van der Waals surface area contributed by atoms with Crippen molar-refractivity contribution in [3.63, 3.8) is 0 Å². The molecule has 0 atom stereocenters. The van der Waals surface area contributed by atoms with E-state index in [1.807, 2.05) is 0 Å². The fourth-order valence-electron chi connectivity index (χ4n) is 2.74. The molecule has 0 spiro atoms. The minimum Gasteiger partial charge on any atom is -0.340 e. The number of likely N-dealkylation sites (N-methyl/N-ethyl adjacent to an activating group) is 1. The zero-order valence-corrected chi connectivity index (χ0v) is 12.0. The number of benzene rings is 1. The third-order valence-electron chi connectivity index (χ3n) is 3.89. The summed E-state index contributed by atoms with van der Waals surface area (Å²) in [4.78, 5) is 14.5. The van der Waals surface area contributed by atoms with E-state index in [1.165, 1.54) is 5.56 Å². The second kappa shape index (κ2) is 6.71. The summed E-state index contributed by atoms with van der Waals surface area (Å²) in [6.07, 6.45) is 2.68. The van der Waals surface area contributed by atoms with E-state index in [0.29, 0.717) is 12.5 Å². The SMILES string of the molecule is CCN(C(=O)Cc1ccc(C)cc1)C1CCNCC1. The van der Waals surface area contributed by atoms with Gasteiger partial charge in [-0.25, -0.2) is 0 Å². The monoisotopic (exact) mass is 260 g/mol. The van der Waals surface area contributed by atoms with Crippen molar-refractivity contribution in [3.05, 3.63) is 35.4 Å². The summed E-state index contributed by atoms with van der Waals surface area (Å²) in [5.74, 6) is 0.262. The molecule has 1 heterocycles. The highest BCUT2D eigenvalue weighted by molar-refractivity contribution is 5.79. The third kappa shape index (κ3) is 3.80. The van der Waals surface area contributed by atoms with Crippen LogP contribution in [0, 0.1) is 6.92 Å². The van der Waals surface area contributed by atoms with Crippen LogP contribution in [-0.4, -0.2) is 36.5 Å². The normalized spacial score (nSPS) is 16.3. The van der Waals surface area contributed by atoms with E-state index in [2.05, 4.69) is 48.3 Å². The zero-order chi connectivity index (χ0) is 13.7. The number of aryl methyl sites for hydroxylation is 1. The summed E-state index contributed by atoms with van der Waals surface area (Å²) in [7, 11) is 0. The second-order valence-corrected chi connectivity index (χ2v) is 5.32. The molecule has 1 aliphatic rings. The van der Waals surface area contributed by atoms with Crippen LogP contribution in [0.4, 0.5) is 0 Å². The first kappa shape index (κ1) is 14.1. The highest BCUT2D eigenvalue weighted by Gasteiger charge is 2.23. The van der Waals surface area contributed by atoms with E-state index >= 15 is 0 Å². The van der Waals surface area contributed by atoms with Crippen molar-refractivity contribution in [2.75, 3.05) is 19.6 Å². The minimum atomic E-state index is 0.262. The molecule has 1 saturated heterocycles. The number of hydrogen-bond acceptors (Lipinski definition) is 2. The Labute approximate surface area is 116 Å². The molecule has 0 unspecified atom stereocenters. The fourth-order valence-corrected chi connectivity index (χ4v) is 2.74. The molecule has 1 aromatic rings. The standard InChI is InChI=1S/C16H24N2O/c1-3-18(15-8-10-17-11-9-15)16(19)12-14-6-4-13(2)5-7-14/h4-7,15,17H,3,8-12H2,1-2H3. The molecule has 2 rings (SSSR count). The van der Waals surface area contributed by atoms with Crippen LogP contribution in [-0.2, 0) is 11.2 Å². The average molecular weight is 260 g/mol. The van der Waals surface area contributed by atoms with E-state index in [4.69, 9.17) is 0 Å². The first-order valence-corrected chi connectivity index (χ1v) is 7.26. The van der Waals surface area contributed by atoms with Crippen molar-refractivity contribution >= 4 is 5.91 Å². The Bertz CT molecular complexity index is 407. The largest absolute Gasteiger partial charge is 0.340 e. The maximum atomic E-state index is 12.4. The molecule has 0 aromatic heterocycles. The smallest absolute Gasteiger partial charge is 0.227 e. The topological polar surface area (TPSA) is 32.3 Å². The predicted octanol–water partition coefficient (Wildman–Crippen LogP) is 2.14. The summed E-state index contributed by atoms with van der Waals surface area (Å²) in [6.45, 7) is 7.02. The van der Waals surface area contributed by atoms with Gasteiger partial charge in [0.15, 0.2) is 0 Å².